The van der Waals surface area contributed by atoms with E-state index in [1.807, 2.05) is 0 Å². The molecule has 62 valence electrons. The van der Waals surface area contributed by atoms with Crippen molar-refractivity contribution in [2.24, 2.45) is 4.99 Å². The molecule has 0 aromatic heterocycles. The molecular formula is C7H14N4. The first kappa shape index (κ1) is 9.76. The van der Waals surface area contributed by atoms with Gasteiger partial charge in [-0.1, -0.05) is 13.3 Å². The minimum atomic E-state index is 0.543. The summed E-state index contributed by atoms with van der Waals surface area (Å²) in [6, 6.07) is 0. The minimum absolute atomic E-state index is 0.543. The molecular weight excluding hydrogens is 140 g/mol. The van der Waals surface area contributed by atoms with Crippen LogP contribution in [-0.4, -0.2) is 19.6 Å². The second-order valence-corrected chi connectivity index (χ2v) is 2.09. The van der Waals surface area contributed by atoms with Crippen molar-refractivity contribution in [2.75, 3.05) is 13.6 Å². The van der Waals surface area contributed by atoms with Crippen LogP contribution in [0.4, 0.5) is 0 Å². The number of nitrogens with one attached hydrogen (secondary N) is 2. The van der Waals surface area contributed by atoms with Crippen LogP contribution in [0, 0.1) is 11.5 Å². The van der Waals surface area contributed by atoms with Crippen LogP contribution >= 0.6 is 0 Å². The van der Waals surface area contributed by atoms with E-state index < -0.39 is 0 Å². The zero-order valence-corrected chi connectivity index (χ0v) is 7.02. The van der Waals surface area contributed by atoms with Gasteiger partial charge in [0.2, 0.25) is 5.96 Å². The summed E-state index contributed by atoms with van der Waals surface area (Å²) in [7, 11) is 1.64. The molecule has 0 atom stereocenters. The van der Waals surface area contributed by atoms with Gasteiger partial charge in [-0.15, -0.1) is 0 Å². The van der Waals surface area contributed by atoms with Gasteiger partial charge in [0.1, 0.15) is 0 Å². The van der Waals surface area contributed by atoms with Crippen molar-refractivity contribution in [2.45, 2.75) is 19.8 Å². The van der Waals surface area contributed by atoms with Crippen LogP contribution < -0.4 is 10.6 Å². The summed E-state index contributed by atoms with van der Waals surface area (Å²) in [5.74, 6) is 0.543. The van der Waals surface area contributed by atoms with Gasteiger partial charge in [0.15, 0.2) is 6.19 Å². The van der Waals surface area contributed by atoms with E-state index in [9.17, 15) is 0 Å². The van der Waals surface area contributed by atoms with E-state index in [-0.39, 0.29) is 0 Å². The van der Waals surface area contributed by atoms with E-state index >= 15 is 0 Å². The lowest BCUT2D eigenvalue weighted by Gasteiger charge is -2.04. The Bertz CT molecular complexity index is 156. The number of rotatable bonds is 3. The fraction of sp³-hybridized carbons (Fsp3) is 0.714. The van der Waals surface area contributed by atoms with Crippen LogP contribution in [-0.2, 0) is 0 Å². The Hall–Kier alpha value is -1.24. The Kier molecular flexibility index (Phi) is 6.10. The summed E-state index contributed by atoms with van der Waals surface area (Å²) in [4.78, 5) is 3.82. The zero-order chi connectivity index (χ0) is 8.53. The molecule has 11 heavy (non-hydrogen) atoms. The molecule has 0 saturated heterocycles. The number of guanidine groups is 1. The van der Waals surface area contributed by atoms with Crippen LogP contribution in [0.15, 0.2) is 4.99 Å². The lowest BCUT2D eigenvalue weighted by Crippen LogP contribution is -2.34. The average molecular weight is 154 g/mol. The molecule has 4 nitrogen and oxygen atoms in total. The SMILES string of the molecule is CCCCNC(=NC)NC#N. The van der Waals surface area contributed by atoms with Gasteiger partial charge in [-0.2, -0.15) is 5.26 Å². The highest BCUT2D eigenvalue weighted by atomic mass is 15.2. The van der Waals surface area contributed by atoms with Crippen molar-refractivity contribution < 1.29 is 0 Å². The molecule has 0 heterocycles. The van der Waals surface area contributed by atoms with Crippen LogP contribution in [0.1, 0.15) is 19.8 Å². The van der Waals surface area contributed by atoms with Gasteiger partial charge in [-0.25, -0.2) is 0 Å². The Morgan fingerprint density at radius 3 is 2.82 bits per heavy atom. The first-order valence-corrected chi connectivity index (χ1v) is 3.71. The summed E-state index contributed by atoms with van der Waals surface area (Å²) >= 11 is 0. The summed E-state index contributed by atoms with van der Waals surface area (Å²) in [6.45, 7) is 2.97. The number of aliphatic imine (C=N–C) groups is 1. The fourth-order valence-corrected chi connectivity index (χ4v) is 0.616. The highest BCUT2D eigenvalue weighted by Gasteiger charge is 1.91. The molecule has 0 spiro atoms. The first-order valence-electron chi connectivity index (χ1n) is 3.71. The summed E-state index contributed by atoms with van der Waals surface area (Å²) < 4.78 is 0. The fourth-order valence-electron chi connectivity index (χ4n) is 0.616. The molecule has 2 N–H and O–H groups in total. The van der Waals surface area contributed by atoms with E-state index in [4.69, 9.17) is 5.26 Å². The predicted octanol–water partition coefficient (Wildman–Crippen LogP) is 0.433. The molecule has 0 aliphatic carbocycles. The van der Waals surface area contributed by atoms with E-state index in [0.29, 0.717) is 5.96 Å². The van der Waals surface area contributed by atoms with Gasteiger partial charge in [0.05, 0.1) is 0 Å². The molecule has 0 unspecified atom stereocenters. The average Bonchev–Trinajstić information content (AvgIpc) is 2.03. The molecule has 0 aliphatic rings. The van der Waals surface area contributed by atoms with Crippen molar-refractivity contribution in [1.82, 2.24) is 10.6 Å². The molecule has 0 aliphatic heterocycles. The number of nitriles is 1. The van der Waals surface area contributed by atoms with Crippen molar-refractivity contribution in [1.29, 1.82) is 5.26 Å². The van der Waals surface area contributed by atoms with Crippen LogP contribution in [0.2, 0.25) is 0 Å². The van der Waals surface area contributed by atoms with Gasteiger partial charge < -0.3 is 5.32 Å². The van der Waals surface area contributed by atoms with Crippen LogP contribution in [0.3, 0.4) is 0 Å². The second kappa shape index (κ2) is 6.87. The van der Waals surface area contributed by atoms with Crippen molar-refractivity contribution in [3.05, 3.63) is 0 Å². The number of nitrogens with zero attached hydrogens (tertiary/aromatic N) is 2. The summed E-state index contributed by atoms with van der Waals surface area (Å²) in [6.07, 6.45) is 4.03. The third-order valence-corrected chi connectivity index (χ3v) is 1.22. The van der Waals surface area contributed by atoms with E-state index in [1.165, 1.54) is 0 Å². The van der Waals surface area contributed by atoms with Gasteiger partial charge >= 0.3 is 0 Å². The van der Waals surface area contributed by atoms with Gasteiger partial charge in [-0.05, 0) is 6.42 Å². The Morgan fingerprint density at radius 2 is 2.36 bits per heavy atom. The highest BCUT2D eigenvalue weighted by Crippen LogP contribution is 1.81. The third kappa shape index (κ3) is 5.22. The maximum absolute atomic E-state index is 8.24. The predicted molar refractivity (Wildman–Crippen MR) is 45.0 cm³/mol. The molecule has 0 bridgehead atoms. The molecule has 0 aromatic carbocycles. The van der Waals surface area contributed by atoms with Crippen molar-refractivity contribution in [3.8, 4) is 6.19 Å². The number of unbranched alkanes of at least 4 members (excludes halogenated alkanes) is 1. The smallest absolute Gasteiger partial charge is 0.204 e. The van der Waals surface area contributed by atoms with Crippen molar-refractivity contribution >= 4 is 5.96 Å². The third-order valence-electron chi connectivity index (χ3n) is 1.22. The zero-order valence-electron chi connectivity index (χ0n) is 7.02. The normalized spacial score (nSPS) is 10.5. The lowest BCUT2D eigenvalue weighted by molar-refractivity contribution is 0.745. The van der Waals surface area contributed by atoms with Crippen molar-refractivity contribution in [3.63, 3.8) is 0 Å². The first-order chi connectivity index (χ1) is 5.35. The largest absolute Gasteiger partial charge is 0.356 e. The maximum Gasteiger partial charge on any atom is 0.204 e. The van der Waals surface area contributed by atoms with E-state index in [1.54, 1.807) is 13.2 Å². The minimum Gasteiger partial charge on any atom is -0.356 e. The molecule has 0 amide bonds. The lowest BCUT2D eigenvalue weighted by atomic mass is 10.3. The molecule has 0 radical (unpaired) electrons. The molecule has 0 saturated carbocycles. The van der Waals surface area contributed by atoms with Gasteiger partial charge in [0, 0.05) is 13.6 Å². The molecule has 4 heteroatoms. The highest BCUT2D eigenvalue weighted by molar-refractivity contribution is 5.80. The molecule has 0 fully saturated rings. The monoisotopic (exact) mass is 154 g/mol. The standard InChI is InChI=1S/C7H14N4/c1-3-4-5-10-7(9-2)11-6-8/h3-5H2,1-2H3,(H2,9,10,11). The number of hydrogen-bond donors (Lipinski definition) is 2. The Balaban J connectivity index is 3.47. The Labute approximate surface area is 67.3 Å². The maximum atomic E-state index is 8.24. The topological polar surface area (TPSA) is 60.2 Å². The van der Waals surface area contributed by atoms with Gasteiger partial charge in [-0.3, -0.25) is 10.3 Å². The van der Waals surface area contributed by atoms with E-state index in [2.05, 4.69) is 22.5 Å². The quantitative estimate of drug-likeness (QED) is 0.204. The van der Waals surface area contributed by atoms with Gasteiger partial charge in [0.25, 0.3) is 0 Å². The second-order valence-electron chi connectivity index (χ2n) is 2.09. The molecule has 0 rings (SSSR count). The summed E-state index contributed by atoms with van der Waals surface area (Å²) in [5.41, 5.74) is 0. The van der Waals surface area contributed by atoms with Crippen LogP contribution in [0.25, 0.3) is 0 Å². The molecule has 0 aromatic rings. The van der Waals surface area contributed by atoms with Crippen LogP contribution in [0.5, 0.6) is 0 Å². The summed E-state index contributed by atoms with van der Waals surface area (Å²) in [5, 5.41) is 13.7. The Morgan fingerprint density at radius 1 is 1.64 bits per heavy atom. The van der Waals surface area contributed by atoms with E-state index in [0.717, 1.165) is 19.4 Å². The number of hydrogen-bond acceptors (Lipinski definition) is 2.